The van der Waals surface area contributed by atoms with Gasteiger partial charge in [0.15, 0.2) is 0 Å². The standard InChI is InChI=1S/C29H28ClF3N4O5S/c1-17-5-11-21(12-6-17)42-27(39)36(43(40)41)14-13-19-7-9-20(10-8-19)37-25-16-23(30)22(29(31,32)33)15-24(25)34-26(37)28(3,4)35-18(2)38/h5-12,15-16H,13-14H2,1-4H3,(H,35,38)(H,40,41). The number of carbonyl (C=O) groups excluding carboxylic acids is 2. The molecule has 0 saturated heterocycles. The average molecular weight is 637 g/mol. The van der Waals surface area contributed by atoms with E-state index >= 15 is 0 Å². The van der Waals surface area contributed by atoms with Crippen molar-refractivity contribution in [2.45, 2.75) is 45.8 Å². The van der Waals surface area contributed by atoms with Crippen molar-refractivity contribution in [1.29, 1.82) is 0 Å². The minimum atomic E-state index is -4.69. The number of fused-ring (bicyclic) bond motifs is 1. The van der Waals surface area contributed by atoms with Gasteiger partial charge in [0.2, 0.25) is 5.91 Å². The average Bonchev–Trinajstić information content (AvgIpc) is 3.28. The summed E-state index contributed by atoms with van der Waals surface area (Å²) >= 11 is 3.40. The van der Waals surface area contributed by atoms with E-state index < -0.39 is 39.7 Å². The number of amides is 2. The molecule has 2 amide bonds. The van der Waals surface area contributed by atoms with Crippen LogP contribution < -0.4 is 10.1 Å². The van der Waals surface area contributed by atoms with Gasteiger partial charge < -0.3 is 10.1 Å². The topological polar surface area (TPSA) is 114 Å². The molecule has 1 aromatic heterocycles. The van der Waals surface area contributed by atoms with E-state index in [0.29, 0.717) is 21.1 Å². The van der Waals surface area contributed by atoms with Gasteiger partial charge in [-0.1, -0.05) is 41.4 Å². The van der Waals surface area contributed by atoms with E-state index in [9.17, 15) is 31.5 Å². The molecule has 14 heteroatoms. The van der Waals surface area contributed by atoms with Crippen LogP contribution in [-0.4, -0.2) is 41.2 Å². The molecule has 0 saturated carbocycles. The van der Waals surface area contributed by atoms with E-state index in [1.807, 2.05) is 6.92 Å². The van der Waals surface area contributed by atoms with E-state index in [4.69, 9.17) is 16.3 Å². The lowest BCUT2D eigenvalue weighted by Crippen LogP contribution is -2.41. The summed E-state index contributed by atoms with van der Waals surface area (Å²) < 4.78 is 69.8. The molecule has 1 atom stereocenters. The third kappa shape index (κ3) is 7.35. The Morgan fingerprint density at radius 1 is 1.09 bits per heavy atom. The smallest absolute Gasteiger partial charge is 0.410 e. The number of hydrogen-bond donors (Lipinski definition) is 2. The predicted octanol–water partition coefficient (Wildman–Crippen LogP) is 6.56. The minimum absolute atomic E-state index is 0.0300. The Bertz CT molecular complexity index is 1690. The number of nitrogens with one attached hydrogen (secondary N) is 1. The van der Waals surface area contributed by atoms with Crippen LogP contribution in [0.2, 0.25) is 5.02 Å². The molecule has 1 heterocycles. The van der Waals surface area contributed by atoms with Crippen molar-refractivity contribution in [3.63, 3.8) is 0 Å². The van der Waals surface area contributed by atoms with Crippen LogP contribution in [0.15, 0.2) is 60.7 Å². The van der Waals surface area contributed by atoms with E-state index in [2.05, 4.69) is 10.3 Å². The van der Waals surface area contributed by atoms with Gasteiger partial charge in [-0.3, -0.25) is 13.9 Å². The lowest BCUT2D eigenvalue weighted by molar-refractivity contribution is -0.137. The Morgan fingerprint density at radius 2 is 1.72 bits per heavy atom. The highest BCUT2D eigenvalue weighted by atomic mass is 35.5. The highest BCUT2D eigenvalue weighted by molar-refractivity contribution is 7.77. The first-order valence-corrected chi connectivity index (χ1v) is 14.4. The highest BCUT2D eigenvalue weighted by Gasteiger charge is 2.36. The van der Waals surface area contributed by atoms with E-state index in [1.165, 1.54) is 13.0 Å². The van der Waals surface area contributed by atoms with Crippen LogP contribution in [0.25, 0.3) is 16.7 Å². The summed E-state index contributed by atoms with van der Waals surface area (Å²) in [7, 11) is 0. The summed E-state index contributed by atoms with van der Waals surface area (Å²) in [4.78, 5) is 28.9. The zero-order valence-electron chi connectivity index (χ0n) is 23.5. The van der Waals surface area contributed by atoms with Crippen LogP contribution >= 0.6 is 11.6 Å². The van der Waals surface area contributed by atoms with Crippen LogP contribution in [0.5, 0.6) is 5.75 Å². The van der Waals surface area contributed by atoms with Crippen molar-refractivity contribution in [2.24, 2.45) is 0 Å². The number of aryl methyl sites for hydroxylation is 1. The molecule has 0 aliphatic carbocycles. The van der Waals surface area contributed by atoms with E-state index in [-0.39, 0.29) is 36.0 Å². The molecule has 4 rings (SSSR count). The van der Waals surface area contributed by atoms with Gasteiger partial charge in [0.1, 0.15) is 11.6 Å². The Kier molecular flexibility index (Phi) is 9.19. The number of imidazole rings is 1. The molecule has 228 valence electrons. The molecule has 0 spiro atoms. The van der Waals surface area contributed by atoms with Gasteiger partial charge in [-0.2, -0.15) is 13.2 Å². The molecule has 0 aliphatic rings. The van der Waals surface area contributed by atoms with Gasteiger partial charge in [0.25, 0.3) is 11.3 Å². The van der Waals surface area contributed by atoms with Crippen molar-refractivity contribution < 1.29 is 36.3 Å². The number of hydrogen-bond acceptors (Lipinski definition) is 5. The zero-order chi connectivity index (χ0) is 31.7. The fourth-order valence-electron chi connectivity index (χ4n) is 4.53. The maximum Gasteiger partial charge on any atom is 0.428 e. The fourth-order valence-corrected chi connectivity index (χ4v) is 5.20. The van der Waals surface area contributed by atoms with Crippen molar-refractivity contribution in [3.05, 3.63) is 88.2 Å². The second-order valence-corrected chi connectivity index (χ2v) is 11.6. The maximum absolute atomic E-state index is 13.6. The summed E-state index contributed by atoms with van der Waals surface area (Å²) in [5.41, 5.74) is 0.357. The van der Waals surface area contributed by atoms with Gasteiger partial charge in [-0.05, 0) is 69.2 Å². The number of alkyl halides is 3. The van der Waals surface area contributed by atoms with Gasteiger partial charge in [0.05, 0.1) is 27.2 Å². The van der Waals surface area contributed by atoms with Crippen molar-refractivity contribution in [2.75, 3.05) is 6.54 Å². The van der Waals surface area contributed by atoms with Gasteiger partial charge in [-0.15, -0.1) is 0 Å². The normalized spacial score (nSPS) is 12.7. The zero-order valence-corrected chi connectivity index (χ0v) is 25.1. The monoisotopic (exact) mass is 636 g/mol. The SMILES string of the molecule is CC(=O)NC(C)(C)c1nc2cc(C(F)(F)F)c(Cl)cc2n1-c1ccc(CCN(C(=O)Oc2ccc(C)cc2)S(=O)O)cc1. The molecule has 0 fully saturated rings. The predicted molar refractivity (Wildman–Crippen MR) is 156 cm³/mol. The molecule has 9 nitrogen and oxygen atoms in total. The van der Waals surface area contributed by atoms with Crippen LogP contribution in [0, 0.1) is 6.92 Å². The van der Waals surface area contributed by atoms with Crippen molar-refractivity contribution in [3.8, 4) is 11.4 Å². The maximum atomic E-state index is 13.6. The third-order valence-electron chi connectivity index (χ3n) is 6.51. The lowest BCUT2D eigenvalue weighted by atomic mass is 10.0. The van der Waals surface area contributed by atoms with Gasteiger partial charge in [0, 0.05) is 19.2 Å². The molecule has 4 aromatic rings. The first-order chi connectivity index (χ1) is 20.1. The Labute approximate surface area is 253 Å². The number of nitrogens with zero attached hydrogens (tertiary/aromatic N) is 3. The first kappa shape index (κ1) is 32.0. The quantitative estimate of drug-likeness (QED) is 0.212. The van der Waals surface area contributed by atoms with Crippen LogP contribution in [0.3, 0.4) is 0 Å². The van der Waals surface area contributed by atoms with Crippen LogP contribution in [0.1, 0.15) is 43.3 Å². The summed E-state index contributed by atoms with van der Waals surface area (Å²) in [5.74, 6) is 0.129. The Hall–Kier alpha value is -3.94. The molecule has 43 heavy (non-hydrogen) atoms. The van der Waals surface area contributed by atoms with Gasteiger partial charge >= 0.3 is 12.3 Å². The summed E-state index contributed by atoms with van der Waals surface area (Å²) in [5, 5.41) is 2.27. The highest BCUT2D eigenvalue weighted by Crippen LogP contribution is 2.39. The number of ether oxygens (including phenoxy) is 1. The minimum Gasteiger partial charge on any atom is -0.410 e. The molecular formula is C29H28ClF3N4O5S. The molecule has 0 bridgehead atoms. The molecule has 0 radical (unpaired) electrons. The fraction of sp³-hybridized carbons (Fsp3) is 0.276. The molecule has 3 aromatic carbocycles. The van der Waals surface area contributed by atoms with Crippen molar-refractivity contribution >= 4 is 45.9 Å². The van der Waals surface area contributed by atoms with Gasteiger partial charge in [-0.25, -0.2) is 18.3 Å². The lowest BCUT2D eigenvalue weighted by Gasteiger charge is -2.26. The van der Waals surface area contributed by atoms with Crippen molar-refractivity contribution in [1.82, 2.24) is 19.2 Å². The second kappa shape index (κ2) is 12.3. The van der Waals surface area contributed by atoms with Crippen LogP contribution in [0.4, 0.5) is 18.0 Å². The number of rotatable bonds is 8. The summed E-state index contributed by atoms with van der Waals surface area (Å²) in [6.45, 7) is 6.39. The van der Waals surface area contributed by atoms with E-state index in [0.717, 1.165) is 11.6 Å². The molecular weight excluding hydrogens is 609 g/mol. The Balaban J connectivity index is 1.64. The number of carbonyl (C=O) groups is 2. The summed E-state index contributed by atoms with van der Waals surface area (Å²) in [6, 6.07) is 15.4. The third-order valence-corrected chi connectivity index (χ3v) is 7.53. The van der Waals surface area contributed by atoms with Crippen LogP contribution in [-0.2, 0) is 34.2 Å². The molecule has 0 aliphatic heterocycles. The Morgan fingerprint density at radius 3 is 2.28 bits per heavy atom. The largest absolute Gasteiger partial charge is 0.428 e. The molecule has 1 unspecified atom stereocenters. The summed E-state index contributed by atoms with van der Waals surface area (Å²) in [6.07, 6.45) is -5.50. The van der Waals surface area contributed by atoms with E-state index in [1.54, 1.807) is 66.9 Å². The second-order valence-electron chi connectivity index (χ2n) is 10.3. The molecule has 2 N–H and O–H groups in total. The number of halogens is 4. The number of aromatic nitrogens is 2. The number of benzene rings is 3. The first-order valence-electron chi connectivity index (χ1n) is 12.9.